The van der Waals surface area contributed by atoms with Crippen LogP contribution in [0.3, 0.4) is 0 Å². The smallest absolute Gasteiger partial charge is 0.243 e. The first kappa shape index (κ1) is 15.8. The van der Waals surface area contributed by atoms with Gasteiger partial charge in [0.1, 0.15) is 4.90 Å². The van der Waals surface area contributed by atoms with E-state index in [9.17, 15) is 8.42 Å². The third-order valence-corrected chi connectivity index (χ3v) is 6.52. The van der Waals surface area contributed by atoms with E-state index in [0.717, 1.165) is 12.8 Å². The lowest BCUT2D eigenvalue weighted by molar-refractivity contribution is 0.277. The summed E-state index contributed by atoms with van der Waals surface area (Å²) in [7, 11) is -3.49. The summed E-state index contributed by atoms with van der Waals surface area (Å²) in [5.41, 5.74) is 0. The zero-order valence-electron chi connectivity index (χ0n) is 11.6. The average Bonchev–Trinajstić information content (AvgIpc) is 2.85. The summed E-state index contributed by atoms with van der Waals surface area (Å²) in [4.78, 5) is 0.186. The molecule has 1 saturated carbocycles. The lowest BCUT2D eigenvalue weighted by Crippen LogP contribution is -2.45. The maximum absolute atomic E-state index is 12.2. The first-order valence-electron chi connectivity index (χ1n) is 6.69. The van der Waals surface area contributed by atoms with Crippen LogP contribution in [0.1, 0.15) is 25.7 Å². The summed E-state index contributed by atoms with van der Waals surface area (Å²) in [6.45, 7) is 1.05. The maximum atomic E-state index is 12.2. The van der Waals surface area contributed by atoms with Crippen molar-refractivity contribution in [1.29, 1.82) is 0 Å². The standard InChI is InChI=1S/C12H21N3O3S2/c1-19-12(4-2-5-12)10-14-20(17,18)11-8-13-15(9-11)6-3-7-16/h8-9,14,16H,2-7,10H2,1H3. The number of aliphatic hydroxyl groups is 1. The summed E-state index contributed by atoms with van der Waals surface area (Å²) < 4.78 is 28.7. The Morgan fingerprint density at radius 3 is 2.85 bits per heavy atom. The molecule has 0 amide bonds. The molecule has 8 heteroatoms. The molecule has 0 atom stereocenters. The van der Waals surface area contributed by atoms with Gasteiger partial charge in [0.05, 0.1) is 6.20 Å². The largest absolute Gasteiger partial charge is 0.396 e. The summed E-state index contributed by atoms with van der Waals surface area (Å²) >= 11 is 1.74. The highest BCUT2D eigenvalue weighted by Crippen LogP contribution is 2.42. The van der Waals surface area contributed by atoms with Crippen molar-refractivity contribution in [2.75, 3.05) is 19.4 Å². The molecule has 1 fully saturated rings. The lowest BCUT2D eigenvalue weighted by Gasteiger charge is -2.40. The summed E-state index contributed by atoms with van der Waals surface area (Å²) in [5, 5.41) is 12.8. The minimum Gasteiger partial charge on any atom is -0.396 e. The van der Waals surface area contributed by atoms with Gasteiger partial charge in [-0.05, 0) is 25.5 Å². The summed E-state index contributed by atoms with van der Waals surface area (Å²) in [6, 6.07) is 0. The van der Waals surface area contributed by atoms with Crippen molar-refractivity contribution in [2.24, 2.45) is 0 Å². The van der Waals surface area contributed by atoms with Crippen molar-refractivity contribution in [1.82, 2.24) is 14.5 Å². The number of nitrogens with one attached hydrogen (secondary N) is 1. The van der Waals surface area contributed by atoms with Gasteiger partial charge in [-0.3, -0.25) is 4.68 Å². The van der Waals surface area contributed by atoms with Crippen molar-refractivity contribution < 1.29 is 13.5 Å². The molecule has 2 rings (SSSR count). The van der Waals surface area contributed by atoms with Gasteiger partial charge in [0.25, 0.3) is 0 Å². The van der Waals surface area contributed by atoms with Crippen LogP contribution in [0.2, 0.25) is 0 Å². The number of thioether (sulfide) groups is 1. The van der Waals surface area contributed by atoms with Gasteiger partial charge in [-0.25, -0.2) is 13.1 Å². The second-order valence-corrected chi connectivity index (χ2v) is 8.12. The third kappa shape index (κ3) is 3.55. The monoisotopic (exact) mass is 319 g/mol. The second kappa shape index (κ2) is 6.46. The molecule has 6 nitrogen and oxygen atoms in total. The quantitative estimate of drug-likeness (QED) is 0.741. The molecular weight excluding hydrogens is 298 g/mol. The molecular formula is C12H21N3O3S2. The molecule has 0 spiro atoms. The van der Waals surface area contributed by atoms with Crippen LogP contribution in [-0.4, -0.2) is 47.5 Å². The van der Waals surface area contributed by atoms with E-state index in [1.54, 1.807) is 16.4 Å². The molecule has 0 aromatic carbocycles. The number of hydrogen-bond acceptors (Lipinski definition) is 5. The fourth-order valence-corrected chi connectivity index (χ4v) is 4.26. The van der Waals surface area contributed by atoms with Crippen molar-refractivity contribution in [3.05, 3.63) is 12.4 Å². The third-order valence-electron chi connectivity index (χ3n) is 3.75. The molecule has 1 aromatic heterocycles. The van der Waals surface area contributed by atoms with E-state index < -0.39 is 10.0 Å². The highest BCUT2D eigenvalue weighted by Gasteiger charge is 2.37. The molecule has 0 aliphatic heterocycles. The molecule has 2 N–H and O–H groups in total. The van der Waals surface area contributed by atoms with Gasteiger partial charge in [0, 0.05) is 30.6 Å². The van der Waals surface area contributed by atoms with E-state index in [2.05, 4.69) is 9.82 Å². The predicted octanol–water partition coefficient (Wildman–Crippen LogP) is 0.830. The molecule has 1 heterocycles. The molecule has 1 aliphatic rings. The van der Waals surface area contributed by atoms with E-state index in [1.807, 2.05) is 6.26 Å². The minimum atomic E-state index is -3.49. The number of aromatic nitrogens is 2. The van der Waals surface area contributed by atoms with E-state index in [-0.39, 0.29) is 16.2 Å². The van der Waals surface area contributed by atoms with Crippen LogP contribution in [0.4, 0.5) is 0 Å². The number of aryl methyl sites for hydroxylation is 1. The van der Waals surface area contributed by atoms with E-state index in [1.165, 1.54) is 18.8 Å². The SMILES string of the molecule is CSC1(CNS(=O)(=O)c2cnn(CCCO)c2)CCC1. The van der Waals surface area contributed by atoms with Crippen molar-refractivity contribution in [3.63, 3.8) is 0 Å². The topological polar surface area (TPSA) is 84.2 Å². The Bertz CT molecular complexity index is 532. The first-order chi connectivity index (χ1) is 9.51. The Morgan fingerprint density at radius 1 is 1.55 bits per heavy atom. The van der Waals surface area contributed by atoms with Gasteiger partial charge in [0.2, 0.25) is 10.0 Å². The Morgan fingerprint density at radius 2 is 2.30 bits per heavy atom. The molecule has 1 aromatic rings. The molecule has 0 saturated heterocycles. The summed E-state index contributed by atoms with van der Waals surface area (Å²) in [5.74, 6) is 0. The Labute approximate surface area is 124 Å². The van der Waals surface area contributed by atoms with Crippen LogP contribution < -0.4 is 4.72 Å². The van der Waals surface area contributed by atoms with Gasteiger partial charge in [0.15, 0.2) is 0 Å². The van der Waals surface area contributed by atoms with Crippen molar-refractivity contribution in [3.8, 4) is 0 Å². The lowest BCUT2D eigenvalue weighted by atomic mass is 9.84. The van der Waals surface area contributed by atoms with Crippen molar-refractivity contribution in [2.45, 2.75) is 41.9 Å². The molecule has 20 heavy (non-hydrogen) atoms. The maximum Gasteiger partial charge on any atom is 0.243 e. The van der Waals surface area contributed by atoms with Crippen LogP contribution in [-0.2, 0) is 16.6 Å². The fraction of sp³-hybridized carbons (Fsp3) is 0.750. The molecule has 114 valence electrons. The minimum absolute atomic E-state index is 0.0659. The Kier molecular flexibility index (Phi) is 5.11. The normalized spacial score (nSPS) is 17.9. The van der Waals surface area contributed by atoms with Gasteiger partial charge >= 0.3 is 0 Å². The molecule has 1 aliphatic carbocycles. The highest BCUT2D eigenvalue weighted by atomic mass is 32.2. The number of hydrogen-bond donors (Lipinski definition) is 2. The van der Waals surface area contributed by atoms with Gasteiger partial charge in [-0.15, -0.1) is 0 Å². The van der Waals surface area contributed by atoms with Crippen LogP contribution in [0, 0.1) is 0 Å². The van der Waals surface area contributed by atoms with Crippen LogP contribution in [0.5, 0.6) is 0 Å². The van der Waals surface area contributed by atoms with Gasteiger partial charge < -0.3 is 5.11 Å². The summed E-state index contributed by atoms with van der Waals surface area (Å²) in [6.07, 6.45) is 8.74. The second-order valence-electron chi connectivity index (χ2n) is 5.08. The van der Waals surface area contributed by atoms with Gasteiger partial charge in [-0.1, -0.05) is 6.42 Å². The Hall–Kier alpha value is -0.570. The van der Waals surface area contributed by atoms with Crippen LogP contribution in [0.15, 0.2) is 17.3 Å². The van der Waals surface area contributed by atoms with Gasteiger partial charge in [-0.2, -0.15) is 16.9 Å². The van der Waals surface area contributed by atoms with Crippen LogP contribution in [0.25, 0.3) is 0 Å². The van der Waals surface area contributed by atoms with E-state index in [4.69, 9.17) is 5.11 Å². The molecule has 0 bridgehead atoms. The average molecular weight is 319 g/mol. The predicted molar refractivity (Wildman–Crippen MR) is 79.2 cm³/mol. The molecule has 0 unspecified atom stereocenters. The first-order valence-corrected chi connectivity index (χ1v) is 9.40. The number of nitrogens with zero attached hydrogens (tertiary/aromatic N) is 2. The molecule has 0 radical (unpaired) electrons. The highest BCUT2D eigenvalue weighted by molar-refractivity contribution is 8.00. The van der Waals surface area contributed by atoms with E-state index in [0.29, 0.717) is 19.5 Å². The number of rotatable bonds is 8. The number of sulfonamides is 1. The Balaban J connectivity index is 1.97. The zero-order chi connectivity index (χ0) is 14.6. The zero-order valence-corrected chi connectivity index (χ0v) is 13.2. The van der Waals surface area contributed by atoms with Crippen molar-refractivity contribution >= 4 is 21.8 Å². The van der Waals surface area contributed by atoms with E-state index >= 15 is 0 Å². The fourth-order valence-electron chi connectivity index (χ4n) is 2.17. The van der Waals surface area contributed by atoms with Crippen LogP contribution >= 0.6 is 11.8 Å². The number of aliphatic hydroxyl groups excluding tert-OH is 1.